The predicted molar refractivity (Wildman–Crippen MR) is 91.2 cm³/mol. The van der Waals surface area contributed by atoms with Gasteiger partial charge in [-0.25, -0.2) is 0 Å². The van der Waals surface area contributed by atoms with Gasteiger partial charge in [0.1, 0.15) is 5.75 Å². The van der Waals surface area contributed by atoms with Crippen LogP contribution in [-0.4, -0.2) is 50.0 Å². The van der Waals surface area contributed by atoms with Gasteiger partial charge in [0.2, 0.25) is 0 Å². The lowest BCUT2D eigenvalue weighted by atomic mass is 9.96. The molecule has 1 amide bonds. The molecule has 0 N–H and O–H groups in total. The van der Waals surface area contributed by atoms with Crippen LogP contribution in [0.3, 0.4) is 0 Å². The summed E-state index contributed by atoms with van der Waals surface area (Å²) in [7, 11) is 0. The van der Waals surface area contributed by atoms with Crippen LogP contribution in [0.4, 0.5) is 0 Å². The van der Waals surface area contributed by atoms with Crippen molar-refractivity contribution >= 4 is 5.91 Å². The van der Waals surface area contributed by atoms with E-state index >= 15 is 0 Å². The topological polar surface area (TPSA) is 48.0 Å². The Morgan fingerprint density at radius 1 is 1.25 bits per heavy atom. The summed E-state index contributed by atoms with van der Waals surface area (Å²) in [5.41, 5.74) is 0.715. The minimum Gasteiger partial charge on any atom is -0.494 e. The summed E-state index contributed by atoms with van der Waals surface area (Å²) in [5, 5.41) is 0. The fourth-order valence-corrected chi connectivity index (χ4v) is 3.28. The summed E-state index contributed by atoms with van der Waals surface area (Å²) >= 11 is 0. The molecule has 132 valence electrons. The average Bonchev–Trinajstić information content (AvgIpc) is 3.17. The number of carbonyl (C=O) groups excluding carboxylic acids is 1. The van der Waals surface area contributed by atoms with Gasteiger partial charge in [0.15, 0.2) is 6.29 Å². The third-order valence-electron chi connectivity index (χ3n) is 4.65. The van der Waals surface area contributed by atoms with Crippen LogP contribution >= 0.6 is 0 Å². The van der Waals surface area contributed by atoms with Gasteiger partial charge in [-0.1, -0.05) is 13.3 Å². The maximum absolute atomic E-state index is 12.7. The summed E-state index contributed by atoms with van der Waals surface area (Å²) in [6.07, 6.45) is 4.06. The van der Waals surface area contributed by atoms with Crippen molar-refractivity contribution in [1.29, 1.82) is 0 Å². The van der Waals surface area contributed by atoms with Crippen LogP contribution in [0.2, 0.25) is 0 Å². The van der Waals surface area contributed by atoms with Crippen LogP contribution in [-0.2, 0) is 9.47 Å². The molecule has 0 radical (unpaired) electrons. The fourth-order valence-electron chi connectivity index (χ4n) is 3.28. The highest BCUT2D eigenvalue weighted by Crippen LogP contribution is 2.26. The van der Waals surface area contributed by atoms with E-state index in [9.17, 15) is 4.79 Å². The van der Waals surface area contributed by atoms with E-state index in [1.165, 1.54) is 0 Å². The number of unbranched alkanes of at least 4 members (excludes halogenated alkanes) is 1. The second kappa shape index (κ2) is 8.49. The zero-order valence-electron chi connectivity index (χ0n) is 14.4. The molecule has 1 aromatic rings. The molecule has 3 rings (SSSR count). The highest BCUT2D eigenvalue weighted by molar-refractivity contribution is 5.94. The van der Waals surface area contributed by atoms with Crippen molar-refractivity contribution in [3.05, 3.63) is 29.8 Å². The number of rotatable bonds is 6. The lowest BCUT2D eigenvalue weighted by Crippen LogP contribution is -2.43. The number of hydrogen-bond donors (Lipinski definition) is 0. The zero-order chi connectivity index (χ0) is 16.8. The van der Waals surface area contributed by atoms with Crippen LogP contribution < -0.4 is 4.74 Å². The number of ether oxygens (including phenoxy) is 3. The third kappa shape index (κ3) is 4.28. The van der Waals surface area contributed by atoms with E-state index in [1.807, 2.05) is 29.2 Å². The van der Waals surface area contributed by atoms with Gasteiger partial charge in [-0.15, -0.1) is 0 Å². The van der Waals surface area contributed by atoms with Crippen molar-refractivity contribution < 1.29 is 19.0 Å². The Morgan fingerprint density at radius 3 is 2.71 bits per heavy atom. The number of amides is 1. The van der Waals surface area contributed by atoms with Crippen LogP contribution in [0.25, 0.3) is 0 Å². The minimum atomic E-state index is -0.144. The molecule has 0 saturated carbocycles. The Balaban J connectivity index is 1.56. The number of benzene rings is 1. The van der Waals surface area contributed by atoms with E-state index in [-0.39, 0.29) is 18.1 Å². The molecule has 0 bridgehead atoms. The molecule has 2 saturated heterocycles. The van der Waals surface area contributed by atoms with E-state index in [2.05, 4.69) is 6.92 Å². The number of nitrogens with zero attached hydrogens (tertiary/aromatic N) is 1. The molecule has 5 heteroatoms. The van der Waals surface area contributed by atoms with Gasteiger partial charge < -0.3 is 19.1 Å². The summed E-state index contributed by atoms with van der Waals surface area (Å²) in [6.45, 7) is 5.69. The Morgan fingerprint density at radius 2 is 2.00 bits per heavy atom. The first-order valence-corrected chi connectivity index (χ1v) is 9.03. The van der Waals surface area contributed by atoms with Crippen molar-refractivity contribution in [3.63, 3.8) is 0 Å². The van der Waals surface area contributed by atoms with E-state index in [0.717, 1.165) is 44.6 Å². The zero-order valence-corrected chi connectivity index (χ0v) is 14.4. The smallest absolute Gasteiger partial charge is 0.253 e. The van der Waals surface area contributed by atoms with Crippen LogP contribution in [0, 0.1) is 5.92 Å². The first-order chi connectivity index (χ1) is 11.8. The first kappa shape index (κ1) is 17.2. The summed E-state index contributed by atoms with van der Waals surface area (Å²) in [6, 6.07) is 7.48. The maximum atomic E-state index is 12.7. The van der Waals surface area contributed by atoms with Gasteiger partial charge in [0.05, 0.1) is 19.8 Å². The van der Waals surface area contributed by atoms with Gasteiger partial charge >= 0.3 is 0 Å². The fraction of sp³-hybridized carbons (Fsp3) is 0.632. The van der Waals surface area contributed by atoms with Crippen LogP contribution in [0.1, 0.15) is 43.0 Å². The highest BCUT2D eigenvalue weighted by atomic mass is 16.7. The minimum absolute atomic E-state index is 0.0813. The monoisotopic (exact) mass is 333 g/mol. The van der Waals surface area contributed by atoms with Crippen molar-refractivity contribution in [1.82, 2.24) is 4.90 Å². The quantitative estimate of drug-likeness (QED) is 0.751. The van der Waals surface area contributed by atoms with Crippen LogP contribution in [0.5, 0.6) is 5.75 Å². The Bertz CT molecular complexity index is 525. The molecular formula is C19H27NO4. The molecule has 2 aliphatic heterocycles. The molecule has 1 aromatic carbocycles. The van der Waals surface area contributed by atoms with E-state index in [1.54, 1.807) is 0 Å². The third-order valence-corrected chi connectivity index (χ3v) is 4.65. The Kier molecular flexibility index (Phi) is 6.10. The number of carbonyl (C=O) groups is 1. The van der Waals surface area contributed by atoms with Gasteiger partial charge in [-0.2, -0.15) is 0 Å². The molecule has 2 heterocycles. The van der Waals surface area contributed by atoms with Gasteiger partial charge in [-0.05, 0) is 43.5 Å². The second-order valence-electron chi connectivity index (χ2n) is 6.49. The van der Waals surface area contributed by atoms with E-state index in [0.29, 0.717) is 25.3 Å². The van der Waals surface area contributed by atoms with E-state index < -0.39 is 0 Å². The number of likely N-dealkylation sites (tertiary alicyclic amines) is 1. The predicted octanol–water partition coefficient (Wildman–Crippen LogP) is 3.09. The Hall–Kier alpha value is -1.59. The van der Waals surface area contributed by atoms with Crippen molar-refractivity contribution in [3.8, 4) is 5.75 Å². The molecule has 0 aliphatic carbocycles. The summed E-state index contributed by atoms with van der Waals surface area (Å²) in [4.78, 5) is 14.7. The molecule has 5 nitrogen and oxygen atoms in total. The molecule has 2 aliphatic rings. The second-order valence-corrected chi connectivity index (χ2v) is 6.49. The first-order valence-electron chi connectivity index (χ1n) is 9.03. The van der Waals surface area contributed by atoms with Gasteiger partial charge in [0, 0.05) is 24.6 Å². The van der Waals surface area contributed by atoms with Gasteiger partial charge in [-0.3, -0.25) is 4.79 Å². The normalized spacial score (nSPS) is 21.9. The lowest BCUT2D eigenvalue weighted by Gasteiger charge is -2.34. The number of hydrogen-bond acceptors (Lipinski definition) is 4. The number of piperidine rings is 1. The van der Waals surface area contributed by atoms with Gasteiger partial charge in [0.25, 0.3) is 5.91 Å². The SMILES string of the molecule is CCCCOc1ccc(C(=O)N2CCCC(C3OCCO3)C2)cc1. The maximum Gasteiger partial charge on any atom is 0.253 e. The molecule has 24 heavy (non-hydrogen) atoms. The summed E-state index contributed by atoms with van der Waals surface area (Å²) < 4.78 is 16.9. The Labute approximate surface area is 143 Å². The lowest BCUT2D eigenvalue weighted by molar-refractivity contribution is -0.0969. The van der Waals surface area contributed by atoms with Crippen molar-refractivity contribution in [2.45, 2.75) is 38.9 Å². The molecule has 2 fully saturated rings. The molecule has 0 spiro atoms. The molecular weight excluding hydrogens is 306 g/mol. The van der Waals surface area contributed by atoms with Crippen molar-refractivity contribution in [2.24, 2.45) is 5.92 Å². The van der Waals surface area contributed by atoms with Crippen LogP contribution in [0.15, 0.2) is 24.3 Å². The molecule has 0 aromatic heterocycles. The largest absolute Gasteiger partial charge is 0.494 e. The highest BCUT2D eigenvalue weighted by Gasteiger charge is 2.33. The van der Waals surface area contributed by atoms with Crippen molar-refractivity contribution in [2.75, 3.05) is 32.9 Å². The standard InChI is InChI=1S/C19H27NO4/c1-2-3-11-22-17-8-6-15(7-9-17)18(21)20-10-4-5-16(14-20)19-23-12-13-24-19/h6-9,16,19H,2-5,10-14H2,1H3. The molecule has 1 unspecified atom stereocenters. The summed E-state index contributed by atoms with van der Waals surface area (Å²) in [5.74, 6) is 1.18. The van der Waals surface area contributed by atoms with E-state index in [4.69, 9.17) is 14.2 Å². The molecule has 1 atom stereocenters. The average molecular weight is 333 g/mol.